The number of hydrogen-bond acceptors (Lipinski definition) is 13. The van der Waals surface area contributed by atoms with Crippen LogP contribution in [0.3, 0.4) is 0 Å². The van der Waals surface area contributed by atoms with E-state index < -0.39 is 10.0 Å². The fraction of sp³-hybridized carbons (Fsp3) is 0.326. The van der Waals surface area contributed by atoms with Gasteiger partial charge in [-0.25, -0.2) is 27.2 Å². The lowest BCUT2D eigenvalue weighted by molar-refractivity contribution is -0.136. The van der Waals surface area contributed by atoms with Crippen molar-refractivity contribution >= 4 is 82.6 Å². The van der Waals surface area contributed by atoms with Gasteiger partial charge in [-0.05, 0) is 65.9 Å². The Labute approximate surface area is 378 Å². The number of fused-ring (bicyclic) bond motifs is 2. The predicted molar refractivity (Wildman–Crippen MR) is 253 cm³/mol. The maximum absolute atomic E-state index is 13.3. The number of amides is 1. The number of carbonyl (C=O) groups is 1. The molecule has 3 fully saturated rings. The van der Waals surface area contributed by atoms with Crippen LogP contribution in [0.5, 0.6) is 0 Å². The summed E-state index contributed by atoms with van der Waals surface area (Å²) in [6.07, 6.45) is 5.65. The fourth-order valence-electron chi connectivity index (χ4n) is 8.64. The van der Waals surface area contributed by atoms with Gasteiger partial charge in [-0.1, -0.05) is 73.9 Å². The third kappa shape index (κ3) is 9.64. The first-order chi connectivity index (χ1) is 31.0. The van der Waals surface area contributed by atoms with Crippen LogP contribution in [0.15, 0.2) is 91.0 Å². The van der Waals surface area contributed by atoms with Crippen LogP contribution in [-0.4, -0.2) is 95.8 Å². The van der Waals surface area contributed by atoms with E-state index in [1.165, 1.54) is 70.5 Å². The van der Waals surface area contributed by atoms with Crippen LogP contribution in [0.1, 0.15) is 37.7 Å². The summed E-state index contributed by atoms with van der Waals surface area (Å²) >= 11 is 3.00. The average Bonchev–Trinajstić information content (AvgIpc) is 3.94. The molecular formula is C46H48F2N10O3S3. The molecule has 4 N–H and O–H groups in total. The highest BCUT2D eigenvalue weighted by Gasteiger charge is 2.31. The number of nitrogens with zero attached hydrogens (tertiary/aromatic N) is 8. The lowest BCUT2D eigenvalue weighted by atomic mass is 9.88. The van der Waals surface area contributed by atoms with Crippen molar-refractivity contribution in [2.24, 2.45) is 5.92 Å². The molecule has 64 heavy (non-hydrogen) atoms. The highest BCUT2D eigenvalue weighted by atomic mass is 32.2. The fourth-order valence-corrected chi connectivity index (χ4v) is 12.2. The van der Waals surface area contributed by atoms with E-state index in [4.69, 9.17) is 11.5 Å². The minimum Gasteiger partial charge on any atom is -0.368 e. The predicted octanol–water partition coefficient (Wildman–Crippen LogP) is 8.04. The topological polar surface area (TPSA) is 168 Å². The molecule has 3 aliphatic rings. The number of anilines is 4. The van der Waals surface area contributed by atoms with Gasteiger partial charge in [0, 0.05) is 68.0 Å². The van der Waals surface area contributed by atoms with Crippen molar-refractivity contribution in [2.75, 3.05) is 73.6 Å². The summed E-state index contributed by atoms with van der Waals surface area (Å²) in [4.78, 5) is 40.5. The van der Waals surface area contributed by atoms with E-state index in [9.17, 15) is 22.0 Å². The molecule has 0 bridgehead atoms. The first-order valence-electron chi connectivity index (χ1n) is 21.4. The summed E-state index contributed by atoms with van der Waals surface area (Å²) in [6.45, 7) is 4.61. The van der Waals surface area contributed by atoms with Gasteiger partial charge < -0.3 is 26.2 Å². The number of rotatable bonds is 8. The summed E-state index contributed by atoms with van der Waals surface area (Å²) < 4.78 is 53.9. The van der Waals surface area contributed by atoms with E-state index in [1.807, 2.05) is 41.3 Å². The second-order valence-corrected chi connectivity index (χ2v) is 20.3. The Balaban J connectivity index is 0.000000162. The van der Waals surface area contributed by atoms with Gasteiger partial charge >= 0.3 is 0 Å². The van der Waals surface area contributed by atoms with Gasteiger partial charge in [0.1, 0.15) is 32.9 Å². The number of hydrogen-bond donors (Lipinski definition) is 2. The van der Waals surface area contributed by atoms with Gasteiger partial charge in [0.15, 0.2) is 0 Å². The molecule has 18 heteroatoms. The number of carbonyl (C=O) groups excluding carboxylic acids is 1. The smallest absolute Gasteiger partial charge is 0.225 e. The number of benzene rings is 3. The molecule has 1 saturated carbocycles. The number of aromatic nitrogens is 4. The monoisotopic (exact) mass is 922 g/mol. The number of nitrogen functional groups attached to an aromatic ring is 2. The van der Waals surface area contributed by atoms with Gasteiger partial charge in [0.2, 0.25) is 27.8 Å². The Bertz CT molecular complexity index is 2860. The van der Waals surface area contributed by atoms with Crippen LogP contribution in [0.25, 0.3) is 41.3 Å². The van der Waals surface area contributed by atoms with Gasteiger partial charge in [0.25, 0.3) is 0 Å². The molecule has 0 radical (unpaired) electrons. The molecular weight excluding hydrogens is 875 g/mol. The number of nitrogens with two attached hydrogens (primary N) is 2. The molecule has 2 aliphatic heterocycles. The van der Waals surface area contributed by atoms with Crippen molar-refractivity contribution in [3.63, 3.8) is 0 Å². The third-order valence-corrected chi connectivity index (χ3v) is 16.0. The van der Waals surface area contributed by atoms with Crippen molar-refractivity contribution in [2.45, 2.75) is 37.9 Å². The quantitative estimate of drug-likeness (QED) is 0.151. The second-order valence-electron chi connectivity index (χ2n) is 16.3. The van der Waals surface area contributed by atoms with Crippen molar-refractivity contribution in [1.82, 2.24) is 29.1 Å². The molecule has 3 aromatic carbocycles. The minimum absolute atomic E-state index is 0.00982. The molecule has 332 valence electrons. The first-order valence-corrected chi connectivity index (χ1v) is 24.7. The zero-order valence-corrected chi connectivity index (χ0v) is 37.5. The van der Waals surface area contributed by atoms with E-state index in [0.29, 0.717) is 51.0 Å². The maximum Gasteiger partial charge on any atom is 0.225 e. The summed E-state index contributed by atoms with van der Waals surface area (Å²) in [6, 6.07) is 26.0. The second kappa shape index (κ2) is 18.7. The van der Waals surface area contributed by atoms with Gasteiger partial charge in [-0.15, -0.1) is 22.7 Å². The van der Waals surface area contributed by atoms with Gasteiger partial charge in [0.05, 0.1) is 16.5 Å². The number of halogens is 2. The lowest BCUT2D eigenvalue weighted by Crippen LogP contribution is -2.50. The Morgan fingerprint density at radius 1 is 0.625 bits per heavy atom. The molecule has 0 atom stereocenters. The highest BCUT2D eigenvalue weighted by Crippen LogP contribution is 2.39. The van der Waals surface area contributed by atoms with E-state index in [0.717, 1.165) is 78.6 Å². The molecule has 0 spiro atoms. The van der Waals surface area contributed by atoms with Crippen LogP contribution < -0.4 is 21.3 Å². The summed E-state index contributed by atoms with van der Waals surface area (Å²) in [5.74, 6) is 1.90. The van der Waals surface area contributed by atoms with Crippen LogP contribution in [0, 0.1) is 17.6 Å². The normalized spacial score (nSPS) is 16.6. The molecule has 1 amide bonds. The number of piperazine rings is 2. The third-order valence-electron chi connectivity index (χ3n) is 12.0. The zero-order valence-electron chi connectivity index (χ0n) is 35.1. The Kier molecular flexibility index (Phi) is 12.7. The van der Waals surface area contributed by atoms with Crippen molar-refractivity contribution < 1.29 is 22.0 Å². The van der Waals surface area contributed by atoms with Crippen LogP contribution in [0.2, 0.25) is 0 Å². The molecule has 10 rings (SSSR count). The lowest BCUT2D eigenvalue weighted by Gasteiger charge is -2.37. The van der Waals surface area contributed by atoms with E-state index in [-0.39, 0.29) is 35.2 Å². The molecule has 2 saturated heterocycles. The molecule has 4 aromatic heterocycles. The van der Waals surface area contributed by atoms with Gasteiger partial charge in [-0.2, -0.15) is 14.3 Å². The van der Waals surface area contributed by atoms with Crippen molar-refractivity contribution in [1.29, 1.82) is 0 Å². The zero-order chi connectivity index (χ0) is 44.4. The van der Waals surface area contributed by atoms with Crippen molar-refractivity contribution in [3.05, 3.63) is 108 Å². The standard InChI is InChI=1S/C23H22FN5O2S2.C23H26FN5OS/c24-18-8-6-17(7-9-18)20-14-19-21(26-23(25)27-22(19)32-20)28-10-12-29(13-11-28)33(30,31)15-16-4-2-1-3-5-16;24-17-8-6-15(7-9-17)19-14-18-20(26-23(25)27-21(18)31-19)28-10-12-29(13-11-28)22(30)16-4-2-1-3-5-16/h1-9,14H,10-13,15H2,(H2,25,26,27);6-9,14,16H,1-5,10-13H2,(H2,25,26,27). The number of sulfonamides is 1. The van der Waals surface area contributed by atoms with E-state index in [2.05, 4.69) is 35.8 Å². The Morgan fingerprint density at radius 3 is 1.58 bits per heavy atom. The maximum atomic E-state index is 13.3. The number of thiophene rings is 2. The van der Waals surface area contributed by atoms with Gasteiger partial charge in [-0.3, -0.25) is 4.79 Å². The summed E-state index contributed by atoms with van der Waals surface area (Å²) in [5, 5.41) is 1.81. The average molecular weight is 923 g/mol. The Morgan fingerprint density at radius 2 is 1.09 bits per heavy atom. The molecule has 0 unspecified atom stereocenters. The van der Waals surface area contributed by atoms with Crippen LogP contribution >= 0.6 is 22.7 Å². The minimum atomic E-state index is -3.41. The highest BCUT2D eigenvalue weighted by molar-refractivity contribution is 7.88. The van der Waals surface area contributed by atoms with Crippen LogP contribution in [0.4, 0.5) is 32.3 Å². The van der Waals surface area contributed by atoms with Crippen LogP contribution in [-0.2, 0) is 20.6 Å². The SMILES string of the molecule is Nc1nc(N2CCN(C(=O)C3CCCCC3)CC2)c2cc(-c3ccc(F)cc3)sc2n1.Nc1nc(N2CCN(S(=O)(=O)Cc3ccccc3)CC2)c2cc(-c3ccc(F)cc3)sc2n1. The molecule has 1 aliphatic carbocycles. The largest absolute Gasteiger partial charge is 0.368 e. The molecule has 13 nitrogen and oxygen atoms in total. The summed E-state index contributed by atoms with van der Waals surface area (Å²) in [7, 11) is -3.41. The Hall–Kier alpha value is -5.82. The summed E-state index contributed by atoms with van der Waals surface area (Å²) in [5.41, 5.74) is 14.6. The molecule has 7 aromatic rings. The van der Waals surface area contributed by atoms with E-state index in [1.54, 1.807) is 24.3 Å². The first kappa shape index (κ1) is 43.4. The molecule has 6 heterocycles. The van der Waals surface area contributed by atoms with Crippen molar-refractivity contribution in [3.8, 4) is 20.9 Å². The van der Waals surface area contributed by atoms with E-state index >= 15 is 0 Å².